The van der Waals surface area contributed by atoms with E-state index in [0.717, 1.165) is 6.42 Å². The van der Waals surface area contributed by atoms with E-state index >= 15 is 0 Å². The summed E-state index contributed by atoms with van der Waals surface area (Å²) in [5, 5.41) is 10.3. The molecule has 1 fully saturated rings. The second-order valence-corrected chi connectivity index (χ2v) is 5.83. The summed E-state index contributed by atoms with van der Waals surface area (Å²) in [6.45, 7) is 6.15. The number of aliphatic hydroxyl groups is 1. The molecule has 0 aliphatic heterocycles. The molecule has 0 saturated heterocycles. The minimum atomic E-state index is -0.549. The Bertz CT molecular complexity index is 244. The van der Waals surface area contributed by atoms with E-state index in [9.17, 15) is 9.90 Å². The number of hydrogen-bond acceptors (Lipinski definition) is 3. The predicted octanol–water partition coefficient (Wildman–Crippen LogP) is 3.15. The molecule has 0 heterocycles. The molecule has 1 N–H and O–H groups in total. The molecule has 1 aliphatic carbocycles. The largest absolute Gasteiger partial charge is 0.466 e. The van der Waals surface area contributed by atoms with E-state index in [1.54, 1.807) is 0 Å². The van der Waals surface area contributed by atoms with E-state index in [-0.39, 0.29) is 17.8 Å². The Morgan fingerprint density at radius 3 is 2.39 bits per heavy atom. The lowest BCUT2D eigenvalue weighted by molar-refractivity contribution is -0.154. The fourth-order valence-corrected chi connectivity index (χ4v) is 3.02. The van der Waals surface area contributed by atoms with Crippen molar-refractivity contribution in [3.05, 3.63) is 0 Å². The van der Waals surface area contributed by atoms with Crippen LogP contribution in [0.25, 0.3) is 0 Å². The number of ether oxygens (including phenoxy) is 1. The van der Waals surface area contributed by atoms with E-state index in [1.807, 2.05) is 20.8 Å². The van der Waals surface area contributed by atoms with Gasteiger partial charge < -0.3 is 9.84 Å². The van der Waals surface area contributed by atoms with Crippen LogP contribution in [0, 0.1) is 17.8 Å². The summed E-state index contributed by atoms with van der Waals surface area (Å²) in [5.74, 6) is 0.106. The minimum absolute atomic E-state index is 0.127. The Hall–Kier alpha value is -0.570. The summed E-state index contributed by atoms with van der Waals surface area (Å²) in [6.07, 6.45) is 6.45. The molecule has 1 saturated carbocycles. The van der Waals surface area contributed by atoms with Crippen LogP contribution < -0.4 is 0 Å². The van der Waals surface area contributed by atoms with Crippen molar-refractivity contribution < 1.29 is 14.6 Å². The van der Waals surface area contributed by atoms with Crippen LogP contribution in [0.1, 0.15) is 59.3 Å². The molecular formula is C15H28O3. The van der Waals surface area contributed by atoms with Crippen molar-refractivity contribution in [2.75, 3.05) is 6.61 Å². The average Bonchev–Trinajstić information content (AvgIpc) is 2.30. The molecule has 0 radical (unpaired) electrons. The molecule has 1 aliphatic rings. The number of aliphatic hydroxyl groups excluding tert-OH is 1. The van der Waals surface area contributed by atoms with Crippen LogP contribution in [0.3, 0.4) is 0 Å². The first-order valence-electron chi connectivity index (χ1n) is 7.41. The SMILES string of the molecule is CCOC(=O)C(C(C)C)C(O)CC1CCCCC1. The maximum Gasteiger partial charge on any atom is 0.311 e. The summed E-state index contributed by atoms with van der Waals surface area (Å²) in [6, 6.07) is 0. The topological polar surface area (TPSA) is 46.5 Å². The van der Waals surface area contributed by atoms with Crippen molar-refractivity contribution in [2.45, 2.75) is 65.4 Å². The molecule has 18 heavy (non-hydrogen) atoms. The third-order valence-electron chi connectivity index (χ3n) is 3.99. The Labute approximate surface area is 111 Å². The Balaban J connectivity index is 2.52. The fourth-order valence-electron chi connectivity index (χ4n) is 3.02. The van der Waals surface area contributed by atoms with E-state index in [4.69, 9.17) is 4.74 Å². The fraction of sp³-hybridized carbons (Fsp3) is 0.933. The van der Waals surface area contributed by atoms with Crippen LogP contribution in [0.5, 0.6) is 0 Å². The maximum absolute atomic E-state index is 11.9. The zero-order chi connectivity index (χ0) is 13.5. The first-order chi connectivity index (χ1) is 8.56. The summed E-state index contributed by atoms with van der Waals surface area (Å²) < 4.78 is 5.08. The Kier molecular flexibility index (Phi) is 6.69. The highest BCUT2D eigenvalue weighted by atomic mass is 16.5. The molecule has 0 amide bonds. The lowest BCUT2D eigenvalue weighted by atomic mass is 9.80. The van der Waals surface area contributed by atoms with Crippen LogP contribution in [0.4, 0.5) is 0 Å². The molecule has 3 nitrogen and oxygen atoms in total. The number of esters is 1. The molecule has 0 spiro atoms. The zero-order valence-corrected chi connectivity index (χ0v) is 12.0. The van der Waals surface area contributed by atoms with Gasteiger partial charge in [0, 0.05) is 0 Å². The number of carbonyl (C=O) groups excluding carboxylic acids is 1. The van der Waals surface area contributed by atoms with E-state index in [1.165, 1.54) is 32.1 Å². The van der Waals surface area contributed by atoms with Crippen molar-refractivity contribution in [1.29, 1.82) is 0 Å². The van der Waals surface area contributed by atoms with Crippen molar-refractivity contribution in [1.82, 2.24) is 0 Å². The maximum atomic E-state index is 11.9. The quantitative estimate of drug-likeness (QED) is 0.743. The zero-order valence-electron chi connectivity index (χ0n) is 12.0. The van der Waals surface area contributed by atoms with Gasteiger partial charge in [-0.3, -0.25) is 4.79 Å². The van der Waals surface area contributed by atoms with Gasteiger partial charge in [-0.05, 0) is 25.2 Å². The molecule has 2 atom stereocenters. The minimum Gasteiger partial charge on any atom is -0.466 e. The number of hydrogen-bond donors (Lipinski definition) is 1. The van der Waals surface area contributed by atoms with Crippen LogP contribution >= 0.6 is 0 Å². The van der Waals surface area contributed by atoms with Gasteiger partial charge in [0.1, 0.15) is 0 Å². The predicted molar refractivity (Wildman–Crippen MR) is 72.2 cm³/mol. The van der Waals surface area contributed by atoms with Gasteiger partial charge in [-0.1, -0.05) is 46.0 Å². The molecular weight excluding hydrogens is 228 g/mol. The third-order valence-corrected chi connectivity index (χ3v) is 3.99. The van der Waals surface area contributed by atoms with Crippen molar-refractivity contribution in [2.24, 2.45) is 17.8 Å². The Morgan fingerprint density at radius 1 is 1.28 bits per heavy atom. The Morgan fingerprint density at radius 2 is 1.89 bits per heavy atom. The highest BCUT2D eigenvalue weighted by Crippen LogP contribution is 2.30. The van der Waals surface area contributed by atoms with Gasteiger partial charge in [-0.15, -0.1) is 0 Å². The molecule has 1 rings (SSSR count). The normalized spacial score (nSPS) is 20.7. The summed E-state index contributed by atoms with van der Waals surface area (Å²) >= 11 is 0. The highest BCUT2D eigenvalue weighted by molar-refractivity contribution is 5.73. The summed E-state index contributed by atoms with van der Waals surface area (Å²) in [5.41, 5.74) is 0. The lowest BCUT2D eigenvalue weighted by Crippen LogP contribution is -2.35. The van der Waals surface area contributed by atoms with E-state index in [2.05, 4.69) is 0 Å². The number of rotatable bonds is 6. The van der Waals surface area contributed by atoms with Gasteiger partial charge in [-0.2, -0.15) is 0 Å². The summed E-state index contributed by atoms with van der Waals surface area (Å²) in [4.78, 5) is 11.9. The van der Waals surface area contributed by atoms with Gasteiger partial charge in [0.05, 0.1) is 18.6 Å². The van der Waals surface area contributed by atoms with Crippen LogP contribution in [-0.2, 0) is 9.53 Å². The first-order valence-corrected chi connectivity index (χ1v) is 7.41. The molecule has 0 bridgehead atoms. The highest BCUT2D eigenvalue weighted by Gasteiger charge is 2.32. The van der Waals surface area contributed by atoms with Crippen molar-refractivity contribution in [3.63, 3.8) is 0 Å². The van der Waals surface area contributed by atoms with Gasteiger partial charge >= 0.3 is 5.97 Å². The first kappa shape index (κ1) is 15.5. The monoisotopic (exact) mass is 256 g/mol. The second-order valence-electron chi connectivity index (χ2n) is 5.83. The van der Waals surface area contributed by atoms with Gasteiger partial charge in [0.2, 0.25) is 0 Å². The van der Waals surface area contributed by atoms with Crippen molar-refractivity contribution in [3.8, 4) is 0 Å². The average molecular weight is 256 g/mol. The van der Waals surface area contributed by atoms with Gasteiger partial charge in [0.15, 0.2) is 0 Å². The third kappa shape index (κ3) is 4.60. The molecule has 0 aromatic carbocycles. The second kappa shape index (κ2) is 7.78. The van der Waals surface area contributed by atoms with E-state index in [0.29, 0.717) is 12.5 Å². The van der Waals surface area contributed by atoms with Crippen LogP contribution in [-0.4, -0.2) is 23.8 Å². The smallest absolute Gasteiger partial charge is 0.311 e. The van der Waals surface area contributed by atoms with Crippen molar-refractivity contribution >= 4 is 5.97 Å². The number of carbonyl (C=O) groups is 1. The molecule has 0 aromatic heterocycles. The molecule has 0 aromatic rings. The molecule has 3 heteroatoms. The van der Waals surface area contributed by atoms with E-state index < -0.39 is 6.10 Å². The van der Waals surface area contributed by atoms with Crippen LogP contribution in [0.15, 0.2) is 0 Å². The summed E-state index contributed by atoms with van der Waals surface area (Å²) in [7, 11) is 0. The molecule has 106 valence electrons. The molecule has 2 unspecified atom stereocenters. The van der Waals surface area contributed by atoms with Crippen LogP contribution in [0.2, 0.25) is 0 Å². The van der Waals surface area contributed by atoms with Gasteiger partial charge in [0.25, 0.3) is 0 Å². The lowest BCUT2D eigenvalue weighted by Gasteiger charge is -2.29. The standard InChI is InChI=1S/C15H28O3/c1-4-18-15(17)14(11(2)3)13(16)10-12-8-6-5-7-9-12/h11-14,16H,4-10H2,1-3H3. The van der Waals surface area contributed by atoms with Gasteiger partial charge in [-0.25, -0.2) is 0 Å².